The fourth-order valence-electron chi connectivity index (χ4n) is 11.3. The van der Waals surface area contributed by atoms with E-state index in [1.54, 1.807) is 12.5 Å². The van der Waals surface area contributed by atoms with Crippen molar-refractivity contribution in [2.24, 2.45) is 46.3 Å². The molecule has 1 amide bonds. The number of hydrogen-bond acceptors (Lipinski definition) is 3. The number of rotatable bonds is 20. The Morgan fingerprint density at radius 2 is 1.48 bits per heavy atom. The second-order valence-electron chi connectivity index (χ2n) is 18.2. The standard InChI is InChI=1S/C44H77NO3/c1-8-9-10-11-12-13-14-15-16-17-18-22-41(46)45-34(5)42(47)48-36-27-29-43(6)35(31-36)23-24-37-39-26-25-38(33(4)21-19-20-32(2)3)44(39,7)30-28-40(37)43/h23,32-34,36-40H,8-22,24-31H2,1-7H3,(H,45,46)/t33-,34?,36+,37+,38-,39+,40+,43+,44-/m1/s1. The molecule has 3 saturated carbocycles. The molecular formula is C44H77NO3. The minimum absolute atomic E-state index is 0.0176. The van der Waals surface area contributed by atoms with Crippen molar-refractivity contribution in [2.75, 3.05) is 0 Å². The van der Waals surface area contributed by atoms with Crippen LogP contribution in [0.3, 0.4) is 0 Å². The van der Waals surface area contributed by atoms with Crippen LogP contribution in [0.5, 0.6) is 0 Å². The summed E-state index contributed by atoms with van der Waals surface area (Å²) in [6.45, 7) is 16.6. The molecule has 4 nitrogen and oxygen atoms in total. The maximum absolute atomic E-state index is 13.1. The van der Waals surface area contributed by atoms with Crippen LogP contribution in [0.25, 0.3) is 0 Å². The quantitative estimate of drug-likeness (QED) is 0.0798. The largest absolute Gasteiger partial charge is 0.461 e. The second kappa shape index (κ2) is 18.8. The average molecular weight is 668 g/mol. The van der Waals surface area contributed by atoms with Crippen LogP contribution in [0.2, 0.25) is 0 Å². The van der Waals surface area contributed by atoms with Crippen LogP contribution in [-0.2, 0) is 14.3 Å². The first-order valence-electron chi connectivity index (χ1n) is 21.2. The van der Waals surface area contributed by atoms with E-state index in [0.29, 0.717) is 11.8 Å². The molecule has 0 bridgehead atoms. The topological polar surface area (TPSA) is 55.4 Å². The van der Waals surface area contributed by atoms with Crippen molar-refractivity contribution in [1.29, 1.82) is 0 Å². The van der Waals surface area contributed by atoms with Crippen molar-refractivity contribution < 1.29 is 14.3 Å². The molecule has 0 heterocycles. The van der Waals surface area contributed by atoms with Gasteiger partial charge in [-0.25, -0.2) is 4.79 Å². The number of esters is 1. The number of carbonyl (C=O) groups is 2. The van der Waals surface area contributed by atoms with Gasteiger partial charge in [0.15, 0.2) is 0 Å². The van der Waals surface area contributed by atoms with E-state index in [0.717, 1.165) is 67.6 Å². The Hall–Kier alpha value is -1.32. The average Bonchev–Trinajstić information content (AvgIpc) is 3.41. The summed E-state index contributed by atoms with van der Waals surface area (Å²) in [7, 11) is 0. The third-order valence-electron chi connectivity index (χ3n) is 14.3. The van der Waals surface area contributed by atoms with Crippen LogP contribution in [0.4, 0.5) is 0 Å². The molecule has 0 aromatic rings. The van der Waals surface area contributed by atoms with Crippen molar-refractivity contribution in [3.63, 3.8) is 0 Å². The van der Waals surface area contributed by atoms with Gasteiger partial charge in [-0.05, 0) is 105 Å². The summed E-state index contributed by atoms with van der Waals surface area (Å²) in [5, 5.41) is 2.93. The predicted octanol–water partition coefficient (Wildman–Crippen LogP) is 12.1. The zero-order valence-electron chi connectivity index (χ0n) is 32.7. The molecule has 0 aliphatic heterocycles. The van der Waals surface area contributed by atoms with E-state index in [4.69, 9.17) is 4.74 Å². The van der Waals surface area contributed by atoms with E-state index in [1.807, 2.05) is 0 Å². The van der Waals surface area contributed by atoms with E-state index in [2.05, 4.69) is 52.9 Å². The summed E-state index contributed by atoms with van der Waals surface area (Å²) >= 11 is 0. The number of unbranched alkanes of at least 4 members (excludes halogenated alkanes) is 10. The molecule has 0 radical (unpaired) electrons. The van der Waals surface area contributed by atoms with Crippen molar-refractivity contribution in [2.45, 2.75) is 208 Å². The summed E-state index contributed by atoms with van der Waals surface area (Å²) in [5.74, 6) is 4.74. The number of hydrogen-bond donors (Lipinski definition) is 1. The summed E-state index contributed by atoms with van der Waals surface area (Å²) in [6, 6.07) is -0.581. The van der Waals surface area contributed by atoms with Crippen molar-refractivity contribution >= 4 is 11.9 Å². The third kappa shape index (κ3) is 10.1. The molecule has 1 unspecified atom stereocenters. The molecule has 276 valence electrons. The van der Waals surface area contributed by atoms with Gasteiger partial charge in [0, 0.05) is 12.8 Å². The second-order valence-corrected chi connectivity index (χ2v) is 18.2. The Labute approximate surface area is 297 Å². The van der Waals surface area contributed by atoms with Crippen LogP contribution >= 0.6 is 0 Å². The van der Waals surface area contributed by atoms with Crippen LogP contribution in [0.15, 0.2) is 11.6 Å². The Balaban J connectivity index is 1.17. The lowest BCUT2D eigenvalue weighted by Crippen LogP contribution is -2.51. The SMILES string of the molecule is CCCCCCCCCCCCCC(=O)NC(C)C(=O)O[C@H]1CC[C@@]2(C)C(=CC[C@H]3[C@@H]4CC[C@H]([C@H](C)CCCC(C)C)[C@@]4(C)CC[C@@H]32)C1. The Kier molecular flexibility index (Phi) is 15.4. The highest BCUT2D eigenvalue weighted by Gasteiger charge is 2.59. The lowest BCUT2D eigenvalue weighted by molar-refractivity contribution is -0.154. The molecule has 4 aliphatic rings. The predicted molar refractivity (Wildman–Crippen MR) is 202 cm³/mol. The molecule has 0 saturated heterocycles. The summed E-state index contributed by atoms with van der Waals surface area (Å²) in [4.78, 5) is 25.6. The number of allylic oxidation sites excluding steroid dienone is 1. The van der Waals surface area contributed by atoms with Crippen LogP contribution < -0.4 is 5.32 Å². The number of amides is 1. The fraction of sp³-hybridized carbons (Fsp3) is 0.909. The molecule has 4 rings (SSSR count). The van der Waals surface area contributed by atoms with Gasteiger partial charge in [-0.1, -0.05) is 137 Å². The van der Waals surface area contributed by atoms with E-state index >= 15 is 0 Å². The van der Waals surface area contributed by atoms with Gasteiger partial charge in [0.2, 0.25) is 5.91 Å². The smallest absolute Gasteiger partial charge is 0.328 e. The summed E-state index contributed by atoms with van der Waals surface area (Å²) < 4.78 is 6.07. The van der Waals surface area contributed by atoms with Crippen molar-refractivity contribution in [1.82, 2.24) is 5.32 Å². The molecule has 0 spiro atoms. The van der Waals surface area contributed by atoms with Gasteiger partial charge in [-0.2, -0.15) is 0 Å². The molecule has 1 N–H and O–H groups in total. The maximum atomic E-state index is 13.1. The van der Waals surface area contributed by atoms with Gasteiger partial charge in [-0.3, -0.25) is 4.79 Å². The fourth-order valence-corrected chi connectivity index (χ4v) is 11.3. The minimum Gasteiger partial charge on any atom is -0.461 e. The van der Waals surface area contributed by atoms with Crippen molar-refractivity contribution in [3.8, 4) is 0 Å². The van der Waals surface area contributed by atoms with E-state index < -0.39 is 6.04 Å². The van der Waals surface area contributed by atoms with Crippen LogP contribution in [0.1, 0.15) is 196 Å². The third-order valence-corrected chi connectivity index (χ3v) is 14.3. The monoisotopic (exact) mass is 668 g/mol. The molecule has 4 heteroatoms. The molecular weight excluding hydrogens is 590 g/mol. The number of carbonyl (C=O) groups excluding carboxylic acids is 2. The zero-order valence-corrected chi connectivity index (χ0v) is 32.7. The molecule has 48 heavy (non-hydrogen) atoms. The molecule has 4 aliphatic carbocycles. The summed E-state index contributed by atoms with van der Waals surface area (Å²) in [5.41, 5.74) is 2.32. The molecule has 9 atom stereocenters. The van der Waals surface area contributed by atoms with Crippen LogP contribution in [-0.4, -0.2) is 24.0 Å². The van der Waals surface area contributed by atoms with Gasteiger partial charge < -0.3 is 10.1 Å². The molecule has 0 aromatic heterocycles. The van der Waals surface area contributed by atoms with Gasteiger partial charge in [0.1, 0.15) is 12.1 Å². The normalized spacial score (nSPS) is 32.5. The van der Waals surface area contributed by atoms with Crippen molar-refractivity contribution in [3.05, 3.63) is 11.6 Å². The number of fused-ring (bicyclic) bond motifs is 5. The zero-order chi connectivity index (χ0) is 34.7. The van der Waals surface area contributed by atoms with E-state index in [-0.39, 0.29) is 23.4 Å². The highest BCUT2D eigenvalue weighted by atomic mass is 16.5. The molecule has 3 fully saturated rings. The lowest BCUT2D eigenvalue weighted by Gasteiger charge is -2.58. The maximum Gasteiger partial charge on any atom is 0.328 e. The highest BCUT2D eigenvalue weighted by Crippen LogP contribution is 2.67. The van der Waals surface area contributed by atoms with Crippen LogP contribution in [0, 0.1) is 46.3 Å². The van der Waals surface area contributed by atoms with E-state index in [9.17, 15) is 9.59 Å². The van der Waals surface area contributed by atoms with E-state index in [1.165, 1.54) is 109 Å². The first kappa shape index (κ1) is 39.5. The minimum atomic E-state index is -0.581. The van der Waals surface area contributed by atoms with Gasteiger partial charge in [-0.15, -0.1) is 0 Å². The Morgan fingerprint density at radius 1 is 0.812 bits per heavy atom. The lowest BCUT2D eigenvalue weighted by atomic mass is 9.47. The first-order valence-corrected chi connectivity index (χ1v) is 21.2. The Morgan fingerprint density at radius 3 is 2.15 bits per heavy atom. The summed E-state index contributed by atoms with van der Waals surface area (Å²) in [6.07, 6.45) is 31.0. The first-order chi connectivity index (χ1) is 23.0. The van der Waals surface area contributed by atoms with Gasteiger partial charge in [0.05, 0.1) is 0 Å². The van der Waals surface area contributed by atoms with Gasteiger partial charge >= 0.3 is 5.97 Å². The van der Waals surface area contributed by atoms with Gasteiger partial charge in [0.25, 0.3) is 0 Å². The number of ether oxygens (including phenoxy) is 1. The Bertz CT molecular complexity index is 1030. The highest BCUT2D eigenvalue weighted by molar-refractivity contribution is 5.84. The number of nitrogens with one attached hydrogen (secondary N) is 1. The molecule has 0 aromatic carbocycles.